The minimum Gasteiger partial charge on any atom is -0.376 e. The van der Waals surface area contributed by atoms with Crippen LogP contribution in [0.2, 0.25) is 0 Å². The summed E-state index contributed by atoms with van der Waals surface area (Å²) < 4.78 is 7.33. The minimum absolute atomic E-state index is 0.177. The van der Waals surface area contributed by atoms with Gasteiger partial charge in [0.05, 0.1) is 6.10 Å². The third kappa shape index (κ3) is 3.02. The molecule has 20 heavy (non-hydrogen) atoms. The lowest BCUT2D eigenvalue weighted by Gasteiger charge is -2.22. The van der Waals surface area contributed by atoms with E-state index in [0.717, 1.165) is 19.4 Å². The number of nitrogen functional groups attached to an aromatic ring is 1. The molecule has 0 amide bonds. The van der Waals surface area contributed by atoms with Crippen molar-refractivity contribution in [2.45, 2.75) is 25.4 Å². The highest BCUT2D eigenvalue weighted by Crippen LogP contribution is 2.13. The molecule has 1 aliphatic rings. The molecule has 2 aromatic rings. The second-order valence-electron chi connectivity index (χ2n) is 4.66. The van der Waals surface area contributed by atoms with Crippen LogP contribution in [-0.2, 0) is 4.74 Å². The van der Waals surface area contributed by atoms with E-state index in [1.807, 2.05) is 0 Å². The van der Waals surface area contributed by atoms with E-state index in [1.54, 1.807) is 23.3 Å². The molecule has 3 heterocycles. The summed E-state index contributed by atoms with van der Waals surface area (Å²) in [6.45, 7) is 1.50. The van der Waals surface area contributed by atoms with Crippen molar-refractivity contribution < 1.29 is 4.74 Å². The molecule has 8 nitrogen and oxygen atoms in total. The summed E-state index contributed by atoms with van der Waals surface area (Å²) in [5.74, 6) is 1.08. The van der Waals surface area contributed by atoms with Crippen LogP contribution < -0.4 is 11.1 Å². The Bertz CT molecular complexity index is 551. The Morgan fingerprint density at radius 2 is 2.30 bits per heavy atom. The van der Waals surface area contributed by atoms with Crippen LogP contribution in [0.15, 0.2) is 18.7 Å². The Morgan fingerprint density at radius 1 is 1.35 bits per heavy atom. The van der Waals surface area contributed by atoms with Crippen molar-refractivity contribution in [3.8, 4) is 5.95 Å². The van der Waals surface area contributed by atoms with Gasteiger partial charge in [0.25, 0.3) is 0 Å². The fourth-order valence-corrected chi connectivity index (χ4v) is 2.13. The lowest BCUT2D eigenvalue weighted by molar-refractivity contribution is 0.0246. The first-order valence-electron chi connectivity index (χ1n) is 6.66. The summed E-state index contributed by atoms with van der Waals surface area (Å²) in [6, 6.07) is 0. The molecule has 0 aliphatic carbocycles. The Balaban J connectivity index is 1.69. The first kappa shape index (κ1) is 12.8. The molecule has 8 heteroatoms. The van der Waals surface area contributed by atoms with E-state index in [1.165, 1.54) is 6.42 Å². The summed E-state index contributed by atoms with van der Waals surface area (Å²) in [4.78, 5) is 16.4. The fourth-order valence-electron chi connectivity index (χ4n) is 2.13. The molecule has 1 saturated heterocycles. The van der Waals surface area contributed by atoms with E-state index >= 15 is 0 Å². The van der Waals surface area contributed by atoms with E-state index in [0.29, 0.717) is 18.4 Å². The first-order valence-corrected chi connectivity index (χ1v) is 6.66. The summed E-state index contributed by atoms with van der Waals surface area (Å²) >= 11 is 0. The molecule has 3 rings (SSSR count). The standard InChI is InChI=1S/C12H17N7O/c13-10-16-11(15-7-9-3-1-2-6-20-9)18-12(17-10)19-5-4-14-8-19/h4-5,8-9H,1-3,6-7H2,(H3,13,15,16,17,18). The zero-order valence-electron chi connectivity index (χ0n) is 11.1. The number of nitrogens with two attached hydrogens (primary N) is 1. The van der Waals surface area contributed by atoms with E-state index in [-0.39, 0.29) is 12.1 Å². The van der Waals surface area contributed by atoms with Crippen molar-refractivity contribution in [3.05, 3.63) is 18.7 Å². The quantitative estimate of drug-likeness (QED) is 0.842. The van der Waals surface area contributed by atoms with Gasteiger partial charge in [-0.2, -0.15) is 15.0 Å². The molecule has 0 spiro atoms. The maximum Gasteiger partial charge on any atom is 0.241 e. The van der Waals surface area contributed by atoms with Gasteiger partial charge in [0, 0.05) is 25.5 Å². The maximum absolute atomic E-state index is 5.71. The number of hydrogen-bond acceptors (Lipinski definition) is 7. The van der Waals surface area contributed by atoms with Gasteiger partial charge in [-0.05, 0) is 19.3 Å². The van der Waals surface area contributed by atoms with E-state index < -0.39 is 0 Å². The van der Waals surface area contributed by atoms with Crippen LogP contribution in [-0.4, -0.2) is 43.8 Å². The molecule has 0 aromatic carbocycles. The normalized spacial score (nSPS) is 18.9. The zero-order valence-corrected chi connectivity index (χ0v) is 11.1. The number of nitrogens with one attached hydrogen (secondary N) is 1. The Kier molecular flexibility index (Phi) is 3.73. The van der Waals surface area contributed by atoms with E-state index in [4.69, 9.17) is 10.5 Å². The number of hydrogen-bond donors (Lipinski definition) is 2. The smallest absolute Gasteiger partial charge is 0.241 e. The molecule has 0 bridgehead atoms. The van der Waals surface area contributed by atoms with Gasteiger partial charge in [-0.3, -0.25) is 4.57 Å². The van der Waals surface area contributed by atoms with Crippen molar-refractivity contribution in [1.82, 2.24) is 24.5 Å². The van der Waals surface area contributed by atoms with Crippen LogP contribution in [0, 0.1) is 0 Å². The van der Waals surface area contributed by atoms with Crippen molar-refractivity contribution >= 4 is 11.9 Å². The van der Waals surface area contributed by atoms with Gasteiger partial charge in [0.15, 0.2) is 0 Å². The number of imidazole rings is 1. The minimum atomic E-state index is 0.177. The fraction of sp³-hybridized carbons (Fsp3) is 0.500. The maximum atomic E-state index is 5.71. The number of anilines is 2. The highest BCUT2D eigenvalue weighted by Gasteiger charge is 2.14. The molecule has 1 fully saturated rings. The lowest BCUT2D eigenvalue weighted by Crippen LogP contribution is -2.27. The topological polar surface area (TPSA) is 104 Å². The second-order valence-corrected chi connectivity index (χ2v) is 4.66. The average molecular weight is 275 g/mol. The van der Waals surface area contributed by atoms with Crippen LogP contribution >= 0.6 is 0 Å². The third-order valence-electron chi connectivity index (χ3n) is 3.14. The first-order chi connectivity index (χ1) is 9.81. The van der Waals surface area contributed by atoms with Crippen LogP contribution in [0.25, 0.3) is 5.95 Å². The van der Waals surface area contributed by atoms with Gasteiger partial charge in [-0.15, -0.1) is 0 Å². The van der Waals surface area contributed by atoms with Crippen molar-refractivity contribution in [1.29, 1.82) is 0 Å². The van der Waals surface area contributed by atoms with Gasteiger partial charge < -0.3 is 15.8 Å². The summed E-state index contributed by atoms with van der Waals surface area (Å²) in [7, 11) is 0. The summed E-state index contributed by atoms with van der Waals surface area (Å²) in [5.41, 5.74) is 5.71. The third-order valence-corrected chi connectivity index (χ3v) is 3.14. The molecule has 1 unspecified atom stereocenters. The molecular weight excluding hydrogens is 258 g/mol. The molecule has 0 radical (unpaired) electrons. The number of nitrogens with zero attached hydrogens (tertiary/aromatic N) is 5. The predicted molar refractivity (Wildman–Crippen MR) is 73.4 cm³/mol. The Hall–Kier alpha value is -2.22. The Labute approximate surface area is 116 Å². The highest BCUT2D eigenvalue weighted by atomic mass is 16.5. The SMILES string of the molecule is Nc1nc(NCC2CCCCO2)nc(-n2ccnc2)n1. The van der Waals surface area contributed by atoms with Gasteiger partial charge in [-0.25, -0.2) is 4.98 Å². The Morgan fingerprint density at radius 3 is 3.05 bits per heavy atom. The highest BCUT2D eigenvalue weighted by molar-refractivity contribution is 5.35. The number of aromatic nitrogens is 5. The zero-order chi connectivity index (χ0) is 13.8. The lowest BCUT2D eigenvalue weighted by atomic mass is 10.1. The van der Waals surface area contributed by atoms with Crippen LogP contribution in [0.1, 0.15) is 19.3 Å². The molecule has 106 valence electrons. The van der Waals surface area contributed by atoms with E-state index in [2.05, 4.69) is 25.3 Å². The predicted octanol–water partition coefficient (Wildman–Crippen LogP) is 0.620. The van der Waals surface area contributed by atoms with Crippen molar-refractivity contribution in [2.24, 2.45) is 0 Å². The molecule has 1 atom stereocenters. The molecule has 0 saturated carbocycles. The number of rotatable bonds is 4. The van der Waals surface area contributed by atoms with Crippen molar-refractivity contribution in [2.75, 3.05) is 24.2 Å². The molecule has 2 aromatic heterocycles. The van der Waals surface area contributed by atoms with Gasteiger partial charge in [-0.1, -0.05) is 0 Å². The average Bonchev–Trinajstić information content (AvgIpc) is 3.00. The summed E-state index contributed by atoms with van der Waals surface area (Å²) in [5, 5.41) is 3.16. The van der Waals surface area contributed by atoms with Crippen LogP contribution in [0.3, 0.4) is 0 Å². The second kappa shape index (κ2) is 5.83. The molecule has 1 aliphatic heterocycles. The number of ether oxygens (including phenoxy) is 1. The van der Waals surface area contributed by atoms with Crippen LogP contribution in [0.5, 0.6) is 0 Å². The van der Waals surface area contributed by atoms with Crippen molar-refractivity contribution in [3.63, 3.8) is 0 Å². The van der Waals surface area contributed by atoms with Crippen LogP contribution in [0.4, 0.5) is 11.9 Å². The monoisotopic (exact) mass is 275 g/mol. The van der Waals surface area contributed by atoms with Gasteiger partial charge in [0.1, 0.15) is 6.33 Å². The largest absolute Gasteiger partial charge is 0.376 e. The molecular formula is C12H17N7O. The van der Waals surface area contributed by atoms with Gasteiger partial charge in [0.2, 0.25) is 17.8 Å². The molecule has 3 N–H and O–H groups in total. The van der Waals surface area contributed by atoms with E-state index in [9.17, 15) is 0 Å². The van der Waals surface area contributed by atoms with Gasteiger partial charge >= 0.3 is 0 Å². The summed E-state index contributed by atoms with van der Waals surface area (Å²) in [6.07, 6.45) is 8.63.